The van der Waals surface area contributed by atoms with E-state index in [1.807, 2.05) is 0 Å². The van der Waals surface area contributed by atoms with Crippen LogP contribution >= 0.6 is 0 Å². The Labute approximate surface area is 131 Å². The Morgan fingerprint density at radius 3 is 3.00 bits per heavy atom. The standard InChI is InChI=1S/C16H17FN4O2/c17-11-1-2-13-12(9-11)14-15(19-13)16(22)21(10-18-14)4-3-20-5-7-23-8-6-20/h1-2,9-10,19H,3-8H2/p+1. The fraction of sp³-hybridized carbons (Fsp3) is 0.375. The van der Waals surface area contributed by atoms with Crippen LogP contribution in [0.4, 0.5) is 4.39 Å². The van der Waals surface area contributed by atoms with Gasteiger partial charge in [0.1, 0.15) is 29.9 Å². The van der Waals surface area contributed by atoms with Crippen molar-refractivity contribution in [1.82, 2.24) is 14.5 Å². The third-order valence-electron chi connectivity index (χ3n) is 4.44. The van der Waals surface area contributed by atoms with Crippen LogP contribution in [0.2, 0.25) is 0 Å². The number of aromatic nitrogens is 3. The minimum Gasteiger partial charge on any atom is -0.370 e. The first-order chi connectivity index (χ1) is 11.2. The van der Waals surface area contributed by atoms with Crippen molar-refractivity contribution in [3.63, 3.8) is 0 Å². The normalized spacial score (nSPS) is 16.4. The molecule has 4 rings (SSSR count). The van der Waals surface area contributed by atoms with Gasteiger partial charge < -0.3 is 14.6 Å². The highest BCUT2D eigenvalue weighted by molar-refractivity contribution is 6.04. The van der Waals surface area contributed by atoms with Crippen LogP contribution in [0.5, 0.6) is 0 Å². The third-order valence-corrected chi connectivity index (χ3v) is 4.44. The molecule has 2 aromatic heterocycles. The average molecular weight is 317 g/mol. The van der Waals surface area contributed by atoms with Crippen LogP contribution in [0.25, 0.3) is 21.9 Å². The minimum absolute atomic E-state index is 0.112. The molecule has 1 saturated heterocycles. The zero-order valence-corrected chi connectivity index (χ0v) is 12.6. The molecule has 0 atom stereocenters. The first kappa shape index (κ1) is 14.3. The summed E-state index contributed by atoms with van der Waals surface area (Å²) in [4.78, 5) is 21.5. The van der Waals surface area contributed by atoms with E-state index in [4.69, 9.17) is 4.74 Å². The van der Waals surface area contributed by atoms with Gasteiger partial charge in [-0.2, -0.15) is 0 Å². The summed E-state index contributed by atoms with van der Waals surface area (Å²) in [7, 11) is 0. The summed E-state index contributed by atoms with van der Waals surface area (Å²) in [5.41, 5.74) is 1.58. The zero-order chi connectivity index (χ0) is 15.8. The Hall–Kier alpha value is -2.25. The molecule has 0 unspecified atom stereocenters. The van der Waals surface area contributed by atoms with Crippen LogP contribution in [0, 0.1) is 5.82 Å². The summed E-state index contributed by atoms with van der Waals surface area (Å²) < 4.78 is 20.4. The molecular weight excluding hydrogens is 299 g/mol. The third kappa shape index (κ3) is 2.62. The van der Waals surface area contributed by atoms with Crippen LogP contribution in [-0.2, 0) is 11.3 Å². The van der Waals surface area contributed by atoms with E-state index in [0.29, 0.717) is 23.0 Å². The lowest BCUT2D eigenvalue weighted by atomic mass is 10.2. The quantitative estimate of drug-likeness (QED) is 0.711. The molecule has 0 radical (unpaired) electrons. The molecule has 1 fully saturated rings. The lowest BCUT2D eigenvalue weighted by molar-refractivity contribution is -0.908. The summed E-state index contributed by atoms with van der Waals surface area (Å²) in [6.07, 6.45) is 1.56. The van der Waals surface area contributed by atoms with Crippen molar-refractivity contribution in [1.29, 1.82) is 0 Å². The zero-order valence-electron chi connectivity index (χ0n) is 12.6. The number of halogens is 1. The number of fused-ring (bicyclic) bond motifs is 3. The van der Waals surface area contributed by atoms with E-state index in [1.54, 1.807) is 17.0 Å². The molecule has 1 aliphatic rings. The van der Waals surface area contributed by atoms with Crippen molar-refractivity contribution < 1.29 is 14.0 Å². The van der Waals surface area contributed by atoms with E-state index in [0.717, 1.165) is 38.4 Å². The maximum atomic E-state index is 13.4. The monoisotopic (exact) mass is 317 g/mol. The van der Waals surface area contributed by atoms with Crippen molar-refractivity contribution in [2.75, 3.05) is 32.8 Å². The molecule has 0 amide bonds. The Kier molecular flexibility index (Phi) is 3.59. The van der Waals surface area contributed by atoms with Crippen LogP contribution in [0.15, 0.2) is 29.3 Å². The highest BCUT2D eigenvalue weighted by Gasteiger charge is 2.15. The number of morpholine rings is 1. The van der Waals surface area contributed by atoms with Crippen molar-refractivity contribution >= 4 is 21.9 Å². The number of ether oxygens (including phenoxy) is 1. The van der Waals surface area contributed by atoms with Gasteiger partial charge in [0.15, 0.2) is 0 Å². The second-order valence-electron chi connectivity index (χ2n) is 5.89. The number of quaternary nitrogens is 1. The molecule has 120 valence electrons. The maximum Gasteiger partial charge on any atom is 0.277 e. The summed E-state index contributed by atoms with van der Waals surface area (Å²) in [5.74, 6) is -0.333. The maximum absolute atomic E-state index is 13.4. The van der Waals surface area contributed by atoms with E-state index in [9.17, 15) is 9.18 Å². The van der Waals surface area contributed by atoms with Gasteiger partial charge in [-0.25, -0.2) is 9.37 Å². The van der Waals surface area contributed by atoms with E-state index in [1.165, 1.54) is 17.0 Å². The van der Waals surface area contributed by atoms with Gasteiger partial charge in [0.2, 0.25) is 0 Å². The number of nitrogens with one attached hydrogen (secondary N) is 2. The van der Waals surface area contributed by atoms with E-state index >= 15 is 0 Å². The molecule has 0 aliphatic carbocycles. The van der Waals surface area contributed by atoms with Gasteiger partial charge >= 0.3 is 0 Å². The first-order valence-corrected chi connectivity index (χ1v) is 7.80. The first-order valence-electron chi connectivity index (χ1n) is 7.80. The smallest absolute Gasteiger partial charge is 0.277 e. The molecule has 1 aromatic carbocycles. The molecule has 0 bridgehead atoms. The highest BCUT2D eigenvalue weighted by Crippen LogP contribution is 2.21. The number of hydrogen-bond acceptors (Lipinski definition) is 3. The summed E-state index contributed by atoms with van der Waals surface area (Å²) in [6, 6.07) is 4.41. The number of hydrogen-bond donors (Lipinski definition) is 2. The fourth-order valence-corrected chi connectivity index (χ4v) is 3.11. The van der Waals surface area contributed by atoms with Crippen molar-refractivity contribution in [3.8, 4) is 0 Å². The number of aromatic amines is 1. The number of benzene rings is 1. The molecule has 7 heteroatoms. The Morgan fingerprint density at radius 2 is 2.17 bits per heavy atom. The largest absolute Gasteiger partial charge is 0.370 e. The van der Waals surface area contributed by atoms with E-state index < -0.39 is 0 Å². The van der Waals surface area contributed by atoms with Crippen LogP contribution in [0.3, 0.4) is 0 Å². The lowest BCUT2D eigenvalue weighted by Crippen LogP contribution is -3.14. The van der Waals surface area contributed by atoms with E-state index in [-0.39, 0.29) is 11.4 Å². The number of rotatable bonds is 3. The summed E-state index contributed by atoms with van der Waals surface area (Å²) in [5, 5.41) is 0.642. The molecule has 6 nitrogen and oxygen atoms in total. The summed E-state index contributed by atoms with van der Waals surface area (Å²) >= 11 is 0. The molecule has 3 heterocycles. The Balaban J connectivity index is 1.67. The minimum atomic E-state index is -0.333. The van der Waals surface area contributed by atoms with Gasteiger partial charge in [0, 0.05) is 10.9 Å². The molecule has 3 aromatic rings. The SMILES string of the molecule is O=c1c2[nH]c3ccc(F)cc3c2ncn1CC[NH+]1CCOCC1. The predicted molar refractivity (Wildman–Crippen MR) is 84.2 cm³/mol. The van der Waals surface area contributed by atoms with Gasteiger partial charge in [0.25, 0.3) is 5.56 Å². The Morgan fingerprint density at radius 1 is 1.35 bits per heavy atom. The second-order valence-corrected chi connectivity index (χ2v) is 5.89. The summed E-state index contributed by atoms with van der Waals surface area (Å²) in [6.45, 7) is 4.96. The topological polar surface area (TPSA) is 64.3 Å². The van der Waals surface area contributed by atoms with Crippen molar-refractivity contribution in [2.24, 2.45) is 0 Å². The molecule has 0 spiro atoms. The van der Waals surface area contributed by atoms with Crippen LogP contribution < -0.4 is 10.5 Å². The van der Waals surface area contributed by atoms with Gasteiger partial charge in [0.05, 0.1) is 32.6 Å². The molecule has 1 aliphatic heterocycles. The fourth-order valence-electron chi connectivity index (χ4n) is 3.11. The predicted octanol–water partition coefficient (Wildman–Crippen LogP) is -0.0680. The molecule has 2 N–H and O–H groups in total. The molecule has 23 heavy (non-hydrogen) atoms. The molecule has 0 saturated carbocycles. The van der Waals surface area contributed by atoms with Crippen molar-refractivity contribution in [2.45, 2.75) is 6.54 Å². The van der Waals surface area contributed by atoms with Gasteiger partial charge in [-0.3, -0.25) is 9.36 Å². The lowest BCUT2D eigenvalue weighted by Gasteiger charge is -2.23. The van der Waals surface area contributed by atoms with Crippen LogP contribution in [0.1, 0.15) is 0 Å². The Bertz CT molecular complexity index is 911. The number of nitrogens with zero attached hydrogens (tertiary/aromatic N) is 2. The van der Waals surface area contributed by atoms with Crippen LogP contribution in [-0.4, -0.2) is 47.4 Å². The number of H-pyrrole nitrogens is 1. The van der Waals surface area contributed by atoms with Gasteiger partial charge in [-0.15, -0.1) is 0 Å². The average Bonchev–Trinajstić information content (AvgIpc) is 2.94. The van der Waals surface area contributed by atoms with Gasteiger partial charge in [-0.1, -0.05) is 0 Å². The second kappa shape index (κ2) is 5.75. The highest BCUT2D eigenvalue weighted by atomic mass is 19.1. The van der Waals surface area contributed by atoms with E-state index in [2.05, 4.69) is 9.97 Å². The van der Waals surface area contributed by atoms with Crippen molar-refractivity contribution in [3.05, 3.63) is 40.7 Å². The molecular formula is C16H18FN4O2+. The van der Waals surface area contributed by atoms with Gasteiger partial charge in [-0.05, 0) is 18.2 Å².